The Kier molecular flexibility index (Phi) is 8.39. The number of nitrogens with one attached hydrogen (secondary N) is 2. The first kappa shape index (κ1) is 25.3. The molecule has 7 heteroatoms. The quantitative estimate of drug-likeness (QED) is 0.252. The number of esters is 1. The number of benzene rings is 4. The zero-order valence-corrected chi connectivity index (χ0v) is 20.6. The molecule has 2 N–H and O–H groups in total. The van der Waals surface area contributed by atoms with Crippen molar-refractivity contribution in [3.63, 3.8) is 0 Å². The van der Waals surface area contributed by atoms with Crippen molar-refractivity contribution in [2.45, 2.75) is 13.0 Å². The molecule has 0 saturated heterocycles. The van der Waals surface area contributed by atoms with Crippen molar-refractivity contribution in [2.24, 2.45) is 0 Å². The zero-order valence-electron chi connectivity index (χ0n) is 20.6. The molecule has 0 bridgehead atoms. The van der Waals surface area contributed by atoms with Gasteiger partial charge in [0.1, 0.15) is 23.2 Å². The maximum atomic E-state index is 12.7. The fourth-order valence-corrected chi connectivity index (χ4v) is 3.81. The normalized spacial score (nSPS) is 10.5. The number of anilines is 2. The molecule has 0 aliphatic heterocycles. The summed E-state index contributed by atoms with van der Waals surface area (Å²) in [5.74, 6) is 0.407. The Morgan fingerprint density at radius 1 is 0.757 bits per heavy atom. The molecule has 0 unspecified atom stereocenters. The third kappa shape index (κ3) is 6.67. The van der Waals surface area contributed by atoms with E-state index in [2.05, 4.69) is 10.6 Å². The van der Waals surface area contributed by atoms with Gasteiger partial charge in [-0.2, -0.15) is 0 Å². The first-order valence-electron chi connectivity index (χ1n) is 11.9. The smallest absolute Gasteiger partial charge is 0.341 e. The molecule has 188 valence electrons. The number of amides is 2. The van der Waals surface area contributed by atoms with Gasteiger partial charge in [-0.3, -0.25) is 0 Å². The molecule has 0 radical (unpaired) electrons. The van der Waals surface area contributed by atoms with E-state index in [0.29, 0.717) is 29.5 Å². The molecule has 7 nitrogen and oxygen atoms in total. The summed E-state index contributed by atoms with van der Waals surface area (Å²) in [6, 6.07) is 31.0. The lowest BCUT2D eigenvalue weighted by molar-refractivity contribution is 0.0594. The molecule has 4 aromatic rings. The number of hydrogen-bond donors (Lipinski definition) is 2. The van der Waals surface area contributed by atoms with E-state index in [4.69, 9.17) is 14.2 Å². The molecule has 0 aromatic heterocycles. The van der Waals surface area contributed by atoms with Crippen LogP contribution in [0.15, 0.2) is 103 Å². The number of carbonyl (C=O) groups is 2. The minimum absolute atomic E-state index is 0.190. The van der Waals surface area contributed by atoms with Gasteiger partial charge in [-0.25, -0.2) is 9.59 Å². The molecule has 0 aliphatic carbocycles. The van der Waals surface area contributed by atoms with Crippen molar-refractivity contribution in [1.29, 1.82) is 0 Å². The van der Waals surface area contributed by atoms with Crippen LogP contribution in [0.5, 0.6) is 11.5 Å². The topological polar surface area (TPSA) is 85.9 Å². The number of ether oxygens (including phenoxy) is 3. The molecule has 0 heterocycles. The van der Waals surface area contributed by atoms with Crippen LogP contribution < -0.4 is 20.1 Å². The molecule has 0 spiro atoms. The maximum Gasteiger partial charge on any atom is 0.341 e. The van der Waals surface area contributed by atoms with Gasteiger partial charge in [0.05, 0.1) is 13.7 Å². The molecule has 0 fully saturated rings. The van der Waals surface area contributed by atoms with E-state index in [1.165, 1.54) is 13.2 Å². The largest absolute Gasteiger partial charge is 0.494 e. The fourth-order valence-electron chi connectivity index (χ4n) is 3.81. The average Bonchev–Trinajstić information content (AvgIpc) is 2.93. The summed E-state index contributed by atoms with van der Waals surface area (Å²) in [5, 5.41) is 5.52. The van der Waals surface area contributed by atoms with Crippen LogP contribution >= 0.6 is 0 Å². The van der Waals surface area contributed by atoms with Crippen molar-refractivity contribution < 1.29 is 23.8 Å². The minimum Gasteiger partial charge on any atom is -0.494 e. The number of rotatable bonds is 9. The standard InChI is InChI=1S/C30H28N2O5/c1-3-36-25-16-10-15-23(19-25)31-30(34)32-24-17-18-27(26(20-24)29(33)35-2)37-28(21-11-6-4-7-12-21)22-13-8-5-9-14-22/h4-20,28H,3H2,1-2H3,(H2,31,32,34). The van der Waals surface area contributed by atoms with Crippen LogP contribution in [-0.2, 0) is 4.74 Å². The van der Waals surface area contributed by atoms with Crippen LogP contribution in [0.1, 0.15) is 34.5 Å². The van der Waals surface area contributed by atoms with Crippen LogP contribution in [0, 0.1) is 0 Å². The van der Waals surface area contributed by atoms with Gasteiger partial charge in [0.2, 0.25) is 0 Å². The summed E-state index contributed by atoms with van der Waals surface area (Å²) >= 11 is 0. The maximum absolute atomic E-state index is 12.7. The lowest BCUT2D eigenvalue weighted by Gasteiger charge is -2.22. The highest BCUT2D eigenvalue weighted by Crippen LogP contribution is 2.32. The van der Waals surface area contributed by atoms with Crippen LogP contribution in [0.4, 0.5) is 16.2 Å². The monoisotopic (exact) mass is 496 g/mol. The van der Waals surface area contributed by atoms with E-state index in [1.54, 1.807) is 30.3 Å². The highest BCUT2D eigenvalue weighted by atomic mass is 16.5. The van der Waals surface area contributed by atoms with Gasteiger partial charge in [-0.15, -0.1) is 0 Å². The van der Waals surface area contributed by atoms with Crippen molar-refractivity contribution in [3.8, 4) is 11.5 Å². The molecule has 0 saturated carbocycles. The Balaban J connectivity index is 1.57. The summed E-state index contributed by atoms with van der Waals surface area (Å²) in [6.07, 6.45) is -0.453. The molecule has 2 amide bonds. The number of urea groups is 1. The van der Waals surface area contributed by atoms with Gasteiger partial charge in [-0.1, -0.05) is 66.7 Å². The second-order valence-electron chi connectivity index (χ2n) is 8.06. The van der Waals surface area contributed by atoms with Gasteiger partial charge in [0, 0.05) is 17.4 Å². The number of hydrogen-bond acceptors (Lipinski definition) is 5. The Hall–Kier alpha value is -4.78. The predicted octanol–water partition coefficient (Wildman–Crippen LogP) is 6.68. The van der Waals surface area contributed by atoms with E-state index in [0.717, 1.165) is 11.1 Å². The van der Waals surface area contributed by atoms with E-state index < -0.39 is 18.1 Å². The summed E-state index contributed by atoms with van der Waals surface area (Å²) in [4.78, 5) is 25.3. The predicted molar refractivity (Wildman–Crippen MR) is 143 cm³/mol. The molecule has 4 rings (SSSR count). The average molecular weight is 497 g/mol. The van der Waals surface area contributed by atoms with Gasteiger partial charge < -0.3 is 24.8 Å². The van der Waals surface area contributed by atoms with Gasteiger partial charge in [0.25, 0.3) is 0 Å². The van der Waals surface area contributed by atoms with Crippen LogP contribution in [-0.4, -0.2) is 25.7 Å². The third-order valence-corrected chi connectivity index (χ3v) is 5.50. The van der Waals surface area contributed by atoms with E-state index >= 15 is 0 Å². The first-order chi connectivity index (χ1) is 18.1. The van der Waals surface area contributed by atoms with Gasteiger partial charge in [0.15, 0.2) is 0 Å². The highest BCUT2D eigenvalue weighted by molar-refractivity contribution is 6.01. The second kappa shape index (κ2) is 12.3. The zero-order chi connectivity index (χ0) is 26.0. The van der Waals surface area contributed by atoms with Gasteiger partial charge in [-0.05, 0) is 48.4 Å². The minimum atomic E-state index is -0.580. The molecule has 0 aliphatic rings. The van der Waals surface area contributed by atoms with Crippen LogP contribution in [0.3, 0.4) is 0 Å². The Bertz CT molecular complexity index is 1300. The van der Waals surface area contributed by atoms with E-state index in [-0.39, 0.29) is 5.56 Å². The Morgan fingerprint density at radius 3 is 1.97 bits per heavy atom. The Labute approximate surface area is 216 Å². The second-order valence-corrected chi connectivity index (χ2v) is 8.06. The first-order valence-corrected chi connectivity index (χ1v) is 11.9. The van der Waals surface area contributed by atoms with Crippen molar-refractivity contribution >= 4 is 23.4 Å². The van der Waals surface area contributed by atoms with Crippen molar-refractivity contribution in [2.75, 3.05) is 24.4 Å². The van der Waals surface area contributed by atoms with E-state index in [1.807, 2.05) is 73.7 Å². The SMILES string of the molecule is CCOc1cccc(NC(=O)Nc2ccc(OC(c3ccccc3)c3ccccc3)c(C(=O)OC)c2)c1. The van der Waals surface area contributed by atoms with Crippen molar-refractivity contribution in [3.05, 3.63) is 120 Å². The molecule has 0 atom stereocenters. The Morgan fingerprint density at radius 2 is 1.38 bits per heavy atom. The highest BCUT2D eigenvalue weighted by Gasteiger charge is 2.21. The number of carbonyl (C=O) groups excluding carboxylic acids is 2. The lowest BCUT2D eigenvalue weighted by atomic mass is 10.0. The number of methoxy groups -OCH3 is 1. The molecule has 37 heavy (non-hydrogen) atoms. The summed E-state index contributed by atoms with van der Waals surface area (Å²) in [7, 11) is 1.30. The lowest BCUT2D eigenvalue weighted by Crippen LogP contribution is -2.20. The van der Waals surface area contributed by atoms with Crippen LogP contribution in [0.2, 0.25) is 0 Å². The summed E-state index contributed by atoms with van der Waals surface area (Å²) in [5.41, 5.74) is 3.03. The summed E-state index contributed by atoms with van der Waals surface area (Å²) in [6.45, 7) is 2.41. The fraction of sp³-hybridized carbons (Fsp3) is 0.133. The van der Waals surface area contributed by atoms with Crippen molar-refractivity contribution in [1.82, 2.24) is 0 Å². The third-order valence-electron chi connectivity index (χ3n) is 5.50. The van der Waals surface area contributed by atoms with Gasteiger partial charge >= 0.3 is 12.0 Å². The molecule has 4 aromatic carbocycles. The van der Waals surface area contributed by atoms with Crippen LogP contribution in [0.25, 0.3) is 0 Å². The van der Waals surface area contributed by atoms with E-state index in [9.17, 15) is 9.59 Å². The molecular formula is C30H28N2O5. The molecular weight excluding hydrogens is 468 g/mol. The summed E-state index contributed by atoms with van der Waals surface area (Å²) < 4.78 is 16.9.